The van der Waals surface area contributed by atoms with Crippen molar-refractivity contribution in [2.45, 2.75) is 18.5 Å². The number of halogens is 9. The van der Waals surface area contributed by atoms with E-state index in [1.165, 1.54) is 33.4 Å². The summed E-state index contributed by atoms with van der Waals surface area (Å²) >= 11 is 0. The van der Waals surface area contributed by atoms with E-state index in [-0.39, 0.29) is 54.9 Å². The summed E-state index contributed by atoms with van der Waals surface area (Å²) < 4.78 is 135. The zero-order valence-electron chi connectivity index (χ0n) is 28.6. The van der Waals surface area contributed by atoms with Gasteiger partial charge in [0.05, 0.1) is 56.0 Å². The van der Waals surface area contributed by atoms with Crippen molar-refractivity contribution in [3.8, 4) is 33.9 Å². The Labute approximate surface area is 311 Å². The second kappa shape index (κ2) is 12.5. The Morgan fingerprint density at radius 3 is 1.25 bits per heavy atom. The first-order chi connectivity index (χ1) is 26.7. The molecule has 0 radical (unpaired) electrons. The molecule has 0 N–H and O–H groups in total. The van der Waals surface area contributed by atoms with Gasteiger partial charge in [0.1, 0.15) is 5.56 Å². The van der Waals surface area contributed by atoms with Crippen LogP contribution in [0.25, 0.3) is 77.5 Å². The van der Waals surface area contributed by atoms with E-state index in [2.05, 4.69) is 0 Å². The molecule has 0 amide bonds. The first kappa shape index (κ1) is 35.2. The zero-order chi connectivity index (χ0) is 39.1. The Morgan fingerprint density at radius 2 is 0.786 bits per heavy atom. The van der Waals surface area contributed by atoms with Crippen LogP contribution in [0, 0.1) is 0 Å². The second-order valence-electron chi connectivity index (χ2n) is 13.3. The molecule has 3 aromatic heterocycles. The van der Waals surface area contributed by atoms with Crippen molar-refractivity contribution in [3.63, 3.8) is 0 Å². The van der Waals surface area contributed by atoms with Crippen molar-refractivity contribution < 1.29 is 39.5 Å². The highest BCUT2D eigenvalue weighted by Gasteiger charge is 2.40. The first-order valence-electron chi connectivity index (χ1n) is 17.2. The summed E-state index contributed by atoms with van der Waals surface area (Å²) in [5, 5.41) is 0.733. The number of nitrogens with zero attached hydrogens (tertiary/aromatic N) is 3. The lowest BCUT2D eigenvalue weighted by molar-refractivity contribution is -0.138. The molecule has 0 aliphatic heterocycles. The Hall–Kier alpha value is -6.56. The molecule has 12 heteroatoms. The van der Waals surface area contributed by atoms with E-state index < -0.39 is 46.6 Å². The van der Waals surface area contributed by atoms with Gasteiger partial charge < -0.3 is 9.13 Å². The number of hydrogen-bond donors (Lipinski definition) is 0. The Balaban J connectivity index is 1.45. The van der Waals surface area contributed by atoms with Gasteiger partial charge >= 0.3 is 18.5 Å². The highest BCUT2D eigenvalue weighted by molar-refractivity contribution is 6.11. The molecule has 0 atom stereocenters. The number of para-hydroxylation sites is 2. The average molecular weight is 766 g/mol. The molecule has 3 heterocycles. The van der Waals surface area contributed by atoms with Crippen molar-refractivity contribution in [2.75, 3.05) is 0 Å². The van der Waals surface area contributed by atoms with Crippen LogP contribution in [0.2, 0.25) is 0 Å². The second-order valence-corrected chi connectivity index (χ2v) is 13.3. The number of aromatic nitrogens is 3. The topological polar surface area (TPSA) is 22.8 Å². The molecule has 0 unspecified atom stereocenters. The fourth-order valence-electron chi connectivity index (χ4n) is 7.59. The van der Waals surface area contributed by atoms with Gasteiger partial charge in [-0.2, -0.15) is 39.5 Å². The van der Waals surface area contributed by atoms with Gasteiger partial charge in [-0.15, -0.1) is 0 Å². The van der Waals surface area contributed by atoms with Crippen LogP contribution >= 0.6 is 0 Å². The Morgan fingerprint density at radius 1 is 0.357 bits per heavy atom. The predicted molar refractivity (Wildman–Crippen MR) is 199 cm³/mol. The normalized spacial score (nSPS) is 12.7. The zero-order valence-corrected chi connectivity index (χ0v) is 28.6. The molecule has 0 aliphatic carbocycles. The molecule has 9 rings (SSSR count). The lowest BCUT2D eigenvalue weighted by Gasteiger charge is -2.23. The van der Waals surface area contributed by atoms with Crippen molar-refractivity contribution >= 4 is 43.6 Å². The molecule has 0 saturated carbocycles. The van der Waals surface area contributed by atoms with Crippen LogP contribution in [0.5, 0.6) is 0 Å². The molecule has 0 bridgehead atoms. The third-order valence-corrected chi connectivity index (χ3v) is 9.98. The van der Waals surface area contributed by atoms with Crippen LogP contribution < -0.4 is 0 Å². The van der Waals surface area contributed by atoms with Gasteiger partial charge in [-0.3, -0.25) is 0 Å². The van der Waals surface area contributed by atoms with E-state index in [1.807, 2.05) is 30.3 Å². The monoisotopic (exact) mass is 765 g/mol. The van der Waals surface area contributed by atoms with Gasteiger partial charge in [0.25, 0.3) is 0 Å². The summed E-state index contributed by atoms with van der Waals surface area (Å²) in [6.45, 7) is 0. The first-order valence-corrected chi connectivity index (χ1v) is 17.2. The van der Waals surface area contributed by atoms with Gasteiger partial charge in [-0.25, -0.2) is 4.98 Å². The molecule has 0 saturated heterocycles. The van der Waals surface area contributed by atoms with E-state index in [0.29, 0.717) is 5.69 Å². The van der Waals surface area contributed by atoms with Crippen molar-refractivity contribution in [3.05, 3.63) is 162 Å². The van der Waals surface area contributed by atoms with Crippen LogP contribution in [0.1, 0.15) is 16.7 Å². The van der Waals surface area contributed by atoms with Crippen LogP contribution in [-0.4, -0.2) is 14.1 Å². The summed E-state index contributed by atoms with van der Waals surface area (Å²) in [4.78, 5) is 4.83. The summed E-state index contributed by atoms with van der Waals surface area (Å²) in [6, 6.07) is 35.1. The fourth-order valence-corrected chi connectivity index (χ4v) is 7.59. The molecular weight excluding hydrogens is 741 g/mol. The lowest BCUT2D eigenvalue weighted by Crippen LogP contribution is -2.16. The molecule has 56 heavy (non-hydrogen) atoms. The number of rotatable bonds is 4. The van der Waals surface area contributed by atoms with Crippen LogP contribution in [-0.2, 0) is 18.5 Å². The van der Waals surface area contributed by atoms with Crippen molar-refractivity contribution in [1.29, 1.82) is 0 Å². The van der Waals surface area contributed by atoms with E-state index in [1.54, 1.807) is 54.6 Å². The third-order valence-electron chi connectivity index (χ3n) is 9.98. The van der Waals surface area contributed by atoms with Crippen LogP contribution in [0.4, 0.5) is 39.5 Å². The van der Waals surface area contributed by atoms with Crippen molar-refractivity contribution in [1.82, 2.24) is 14.1 Å². The summed E-state index contributed by atoms with van der Waals surface area (Å²) in [5.74, 6) is 0. The van der Waals surface area contributed by atoms with Gasteiger partial charge in [0.15, 0.2) is 0 Å². The SMILES string of the molecule is FC(F)(F)c1ccc2c(c1)c1ccccc1n2-c1cc(-c2cccc(-c3ccccc3)n2)cc(-n2c3ccccc3c3cc(C(F)(F)F)ccc32)c1C(F)(F)F. The molecule has 278 valence electrons. The minimum absolute atomic E-state index is 0.0795. The van der Waals surface area contributed by atoms with Gasteiger partial charge in [0.2, 0.25) is 0 Å². The van der Waals surface area contributed by atoms with Gasteiger partial charge in [-0.1, -0.05) is 72.8 Å². The largest absolute Gasteiger partial charge is 0.420 e. The maximum Gasteiger partial charge on any atom is 0.420 e. The van der Waals surface area contributed by atoms with E-state index >= 15 is 13.2 Å². The van der Waals surface area contributed by atoms with Crippen molar-refractivity contribution in [2.24, 2.45) is 0 Å². The molecule has 9 aromatic rings. The molecule has 3 nitrogen and oxygen atoms in total. The van der Waals surface area contributed by atoms with Gasteiger partial charge in [0, 0.05) is 32.7 Å². The van der Waals surface area contributed by atoms with E-state index in [4.69, 9.17) is 4.98 Å². The summed E-state index contributed by atoms with van der Waals surface area (Å²) in [7, 11) is 0. The third kappa shape index (κ3) is 5.75. The quantitative estimate of drug-likeness (QED) is 0.164. The average Bonchev–Trinajstić information content (AvgIpc) is 3.69. The molecule has 6 aromatic carbocycles. The number of pyridine rings is 1. The van der Waals surface area contributed by atoms with Crippen LogP contribution in [0.15, 0.2) is 146 Å². The summed E-state index contributed by atoms with van der Waals surface area (Å²) in [5.41, 5.74) is -1.59. The fraction of sp³-hybridized carbons (Fsp3) is 0.0682. The lowest BCUT2D eigenvalue weighted by atomic mass is 10.0. The number of benzene rings is 6. The smallest absolute Gasteiger partial charge is 0.309 e. The Kier molecular flexibility index (Phi) is 7.84. The van der Waals surface area contributed by atoms with Gasteiger partial charge in [-0.05, 0) is 72.8 Å². The molecule has 0 fully saturated rings. The highest BCUT2D eigenvalue weighted by Crippen LogP contribution is 2.47. The predicted octanol–water partition coefficient (Wildman–Crippen LogP) is 13.7. The van der Waals surface area contributed by atoms with E-state index in [0.717, 1.165) is 42.0 Å². The van der Waals surface area contributed by atoms with E-state index in [9.17, 15) is 26.3 Å². The van der Waals surface area contributed by atoms with Crippen LogP contribution in [0.3, 0.4) is 0 Å². The minimum atomic E-state index is -5.10. The Bertz CT molecular complexity index is 2830. The number of fused-ring (bicyclic) bond motifs is 6. The summed E-state index contributed by atoms with van der Waals surface area (Å²) in [6.07, 6.45) is -14.5. The standard InChI is InChI=1S/C44H24F9N3/c45-42(46,47)27-17-19-37-31(23-27)29-11-4-6-15-35(29)55(37)39-21-26(34-14-8-13-33(54-34)25-9-2-1-3-10-25)22-40(41(39)44(51,52)53)56-36-16-7-5-12-30(36)32-24-28(43(48,49)50)18-20-38(32)56/h1-24H. The molecule has 0 aliphatic rings. The number of hydrogen-bond acceptors (Lipinski definition) is 1. The maximum absolute atomic E-state index is 16.0. The highest BCUT2D eigenvalue weighted by atomic mass is 19.4. The maximum atomic E-state index is 16.0. The minimum Gasteiger partial charge on any atom is -0.309 e. The number of alkyl halides is 9. The molecular formula is C44H24F9N3. The molecule has 0 spiro atoms.